The Hall–Kier alpha value is -2.02. The first-order chi connectivity index (χ1) is 10.1. The van der Waals surface area contributed by atoms with Crippen LogP contribution in [-0.2, 0) is 9.59 Å². The molecular weight excluding hydrogens is 292 g/mol. The third-order valence-corrected chi connectivity index (χ3v) is 3.74. The minimum absolute atomic E-state index is 0.0485. The van der Waals surface area contributed by atoms with E-state index >= 15 is 0 Å². The second kappa shape index (κ2) is 7.12. The fraction of sp³-hybridized carbons (Fsp3) is 0.357. The van der Waals surface area contributed by atoms with Crippen molar-refractivity contribution in [1.82, 2.24) is 9.88 Å². The summed E-state index contributed by atoms with van der Waals surface area (Å²) >= 11 is 1.22. The number of fused-ring (bicyclic) bond motifs is 1. The van der Waals surface area contributed by atoms with E-state index in [1.807, 2.05) is 31.2 Å². The Morgan fingerprint density at radius 1 is 1.38 bits per heavy atom. The molecule has 0 radical (unpaired) electrons. The second-order valence-electron chi connectivity index (χ2n) is 4.35. The van der Waals surface area contributed by atoms with E-state index in [4.69, 9.17) is 9.52 Å². The molecule has 0 atom stereocenters. The number of carboxylic acids is 1. The van der Waals surface area contributed by atoms with E-state index in [9.17, 15) is 9.59 Å². The zero-order chi connectivity index (χ0) is 15.2. The highest BCUT2D eigenvalue weighted by Crippen LogP contribution is 2.23. The van der Waals surface area contributed by atoms with Gasteiger partial charge in [-0.1, -0.05) is 23.9 Å². The van der Waals surface area contributed by atoms with Crippen molar-refractivity contribution < 1.29 is 19.1 Å². The summed E-state index contributed by atoms with van der Waals surface area (Å²) in [4.78, 5) is 28.4. The van der Waals surface area contributed by atoms with Crippen LogP contribution in [0.5, 0.6) is 0 Å². The molecule has 1 heterocycles. The van der Waals surface area contributed by atoms with Crippen LogP contribution in [-0.4, -0.2) is 45.7 Å². The highest BCUT2D eigenvalue weighted by molar-refractivity contribution is 7.99. The summed E-state index contributed by atoms with van der Waals surface area (Å²) in [6.07, 6.45) is -0.0485. The van der Waals surface area contributed by atoms with Gasteiger partial charge in [0, 0.05) is 13.1 Å². The molecule has 112 valence electrons. The maximum Gasteiger partial charge on any atom is 0.305 e. The number of carbonyl (C=O) groups excluding carboxylic acids is 1. The van der Waals surface area contributed by atoms with Gasteiger partial charge in [-0.05, 0) is 19.1 Å². The maximum absolute atomic E-state index is 12.0. The van der Waals surface area contributed by atoms with Gasteiger partial charge in [0.25, 0.3) is 5.22 Å². The minimum atomic E-state index is -0.909. The van der Waals surface area contributed by atoms with E-state index in [0.717, 1.165) is 5.52 Å². The number of nitrogens with zero attached hydrogens (tertiary/aromatic N) is 2. The van der Waals surface area contributed by atoms with Crippen molar-refractivity contribution in [3.05, 3.63) is 24.3 Å². The third-order valence-electron chi connectivity index (χ3n) is 2.92. The zero-order valence-corrected chi connectivity index (χ0v) is 12.4. The highest BCUT2D eigenvalue weighted by atomic mass is 32.2. The monoisotopic (exact) mass is 308 g/mol. The van der Waals surface area contributed by atoms with Crippen molar-refractivity contribution in [2.24, 2.45) is 0 Å². The number of thioether (sulfide) groups is 1. The van der Waals surface area contributed by atoms with Gasteiger partial charge in [0.15, 0.2) is 5.58 Å². The molecule has 0 aliphatic rings. The Kier molecular flexibility index (Phi) is 5.21. The van der Waals surface area contributed by atoms with Crippen LogP contribution in [0.1, 0.15) is 13.3 Å². The standard InChI is InChI=1S/C14H16N2O4S/c1-2-16(8-7-13(18)19)12(17)9-21-14-15-10-5-3-4-6-11(10)20-14/h3-6H,2,7-9H2,1H3,(H,18,19). The summed E-state index contributed by atoms with van der Waals surface area (Å²) in [5.41, 5.74) is 1.44. The first kappa shape index (κ1) is 15.4. The van der Waals surface area contributed by atoms with Crippen molar-refractivity contribution in [3.8, 4) is 0 Å². The number of benzene rings is 1. The van der Waals surface area contributed by atoms with Crippen LogP contribution in [0.25, 0.3) is 11.1 Å². The lowest BCUT2D eigenvalue weighted by Crippen LogP contribution is -2.34. The number of oxazole rings is 1. The van der Waals surface area contributed by atoms with Gasteiger partial charge in [-0.2, -0.15) is 0 Å². The minimum Gasteiger partial charge on any atom is -0.481 e. The summed E-state index contributed by atoms with van der Waals surface area (Å²) in [6, 6.07) is 7.39. The second-order valence-corrected chi connectivity index (χ2v) is 5.28. The lowest BCUT2D eigenvalue weighted by Gasteiger charge is -2.19. The number of aromatic nitrogens is 1. The third kappa shape index (κ3) is 4.22. The van der Waals surface area contributed by atoms with E-state index in [1.165, 1.54) is 16.7 Å². The van der Waals surface area contributed by atoms with Crippen LogP contribution in [0, 0.1) is 0 Å². The molecule has 21 heavy (non-hydrogen) atoms. The number of hydrogen-bond donors (Lipinski definition) is 1. The molecule has 0 fully saturated rings. The van der Waals surface area contributed by atoms with Crippen molar-refractivity contribution in [1.29, 1.82) is 0 Å². The molecule has 2 aromatic rings. The van der Waals surface area contributed by atoms with Gasteiger partial charge in [0.05, 0.1) is 12.2 Å². The number of carboxylic acid groups (broad SMARTS) is 1. The molecule has 0 saturated heterocycles. The van der Waals surface area contributed by atoms with Crippen LogP contribution in [0.2, 0.25) is 0 Å². The number of carbonyl (C=O) groups is 2. The summed E-state index contributed by atoms with van der Waals surface area (Å²) in [5.74, 6) is -0.848. The van der Waals surface area contributed by atoms with Crippen LogP contribution in [0.4, 0.5) is 0 Å². The Labute approximate surface area is 126 Å². The predicted molar refractivity (Wildman–Crippen MR) is 79.2 cm³/mol. The average molecular weight is 308 g/mol. The molecule has 1 aromatic carbocycles. The van der Waals surface area contributed by atoms with E-state index in [1.54, 1.807) is 0 Å². The molecular formula is C14H16N2O4S. The van der Waals surface area contributed by atoms with E-state index in [-0.39, 0.29) is 24.6 Å². The molecule has 1 N–H and O–H groups in total. The van der Waals surface area contributed by atoms with Crippen molar-refractivity contribution in [2.75, 3.05) is 18.8 Å². The Balaban J connectivity index is 1.91. The molecule has 0 aliphatic heterocycles. The topological polar surface area (TPSA) is 83.6 Å². The highest BCUT2D eigenvalue weighted by Gasteiger charge is 2.15. The molecule has 0 saturated carbocycles. The van der Waals surface area contributed by atoms with E-state index < -0.39 is 5.97 Å². The van der Waals surface area contributed by atoms with Crippen LogP contribution < -0.4 is 0 Å². The van der Waals surface area contributed by atoms with Gasteiger partial charge in [-0.15, -0.1) is 0 Å². The SMILES string of the molecule is CCN(CCC(=O)O)C(=O)CSc1nc2ccccc2o1. The van der Waals surface area contributed by atoms with Crippen LogP contribution in [0.3, 0.4) is 0 Å². The first-order valence-corrected chi connectivity index (χ1v) is 7.56. The van der Waals surface area contributed by atoms with Gasteiger partial charge in [-0.3, -0.25) is 9.59 Å². The molecule has 0 bridgehead atoms. The first-order valence-electron chi connectivity index (χ1n) is 6.58. The van der Waals surface area contributed by atoms with E-state index in [2.05, 4.69) is 4.98 Å². The predicted octanol–water partition coefficient (Wildman–Crippen LogP) is 2.24. The van der Waals surface area contributed by atoms with E-state index in [0.29, 0.717) is 17.4 Å². The normalized spacial score (nSPS) is 10.7. The van der Waals surface area contributed by atoms with Crippen molar-refractivity contribution in [2.45, 2.75) is 18.6 Å². The van der Waals surface area contributed by atoms with Crippen molar-refractivity contribution >= 4 is 34.7 Å². The fourth-order valence-electron chi connectivity index (χ4n) is 1.82. The summed E-state index contributed by atoms with van der Waals surface area (Å²) in [7, 11) is 0. The Morgan fingerprint density at radius 3 is 2.81 bits per heavy atom. The summed E-state index contributed by atoms with van der Waals surface area (Å²) in [5, 5.41) is 9.10. The van der Waals surface area contributed by atoms with Gasteiger partial charge >= 0.3 is 5.97 Å². The van der Waals surface area contributed by atoms with Gasteiger partial charge in [0.2, 0.25) is 5.91 Å². The molecule has 0 spiro atoms. The number of amides is 1. The fourth-order valence-corrected chi connectivity index (χ4v) is 2.56. The van der Waals surface area contributed by atoms with Gasteiger partial charge < -0.3 is 14.4 Å². The number of aliphatic carboxylic acids is 1. The number of hydrogen-bond acceptors (Lipinski definition) is 5. The number of para-hydroxylation sites is 2. The molecule has 6 nitrogen and oxygen atoms in total. The quantitative estimate of drug-likeness (QED) is 0.790. The molecule has 0 unspecified atom stereocenters. The molecule has 2 rings (SSSR count). The van der Waals surface area contributed by atoms with Crippen LogP contribution >= 0.6 is 11.8 Å². The maximum atomic E-state index is 12.0. The molecule has 7 heteroatoms. The van der Waals surface area contributed by atoms with Gasteiger partial charge in [0.1, 0.15) is 5.52 Å². The Morgan fingerprint density at radius 2 is 2.14 bits per heavy atom. The number of rotatable bonds is 7. The van der Waals surface area contributed by atoms with Gasteiger partial charge in [-0.25, -0.2) is 4.98 Å². The molecule has 1 aromatic heterocycles. The molecule has 0 aliphatic carbocycles. The van der Waals surface area contributed by atoms with Crippen molar-refractivity contribution in [3.63, 3.8) is 0 Å². The average Bonchev–Trinajstić information content (AvgIpc) is 2.88. The van der Waals surface area contributed by atoms with Crippen LogP contribution in [0.15, 0.2) is 33.9 Å². The lowest BCUT2D eigenvalue weighted by molar-refractivity contribution is -0.138. The smallest absolute Gasteiger partial charge is 0.305 e. The zero-order valence-electron chi connectivity index (χ0n) is 11.6. The lowest BCUT2D eigenvalue weighted by atomic mass is 10.3. The summed E-state index contributed by atoms with van der Waals surface area (Å²) < 4.78 is 5.52. The summed E-state index contributed by atoms with van der Waals surface area (Å²) in [6.45, 7) is 2.53. The molecule has 1 amide bonds. The Bertz CT molecular complexity index is 608. The largest absolute Gasteiger partial charge is 0.481 e.